The molecular weight excluding hydrogens is 395 g/mol. The number of halogens is 3. The third kappa shape index (κ3) is 4.46. The zero-order chi connectivity index (χ0) is 22.0. The first-order valence-corrected chi connectivity index (χ1v) is 9.55. The van der Waals surface area contributed by atoms with Gasteiger partial charge in [0, 0.05) is 30.5 Å². The van der Waals surface area contributed by atoms with Crippen molar-refractivity contribution in [3.63, 3.8) is 0 Å². The molecule has 3 rings (SSSR count). The topological polar surface area (TPSA) is 52.9 Å². The molecule has 2 aromatic carbocycles. The maximum atomic E-state index is 12.5. The predicted octanol–water partition coefficient (Wildman–Crippen LogP) is 3.51. The molecule has 30 heavy (non-hydrogen) atoms. The minimum atomic E-state index is -4.78. The Kier molecular flexibility index (Phi) is 6.14. The van der Waals surface area contributed by atoms with Crippen LogP contribution in [0.5, 0.6) is 5.75 Å². The molecule has 2 N–H and O–H groups in total. The summed E-state index contributed by atoms with van der Waals surface area (Å²) in [7, 11) is 1.94. The Balaban J connectivity index is 2.04. The summed E-state index contributed by atoms with van der Waals surface area (Å²) in [6, 6.07) is 12.5. The molecule has 0 bridgehead atoms. The van der Waals surface area contributed by atoms with E-state index in [2.05, 4.69) is 21.5 Å². The summed E-state index contributed by atoms with van der Waals surface area (Å²) in [5, 5.41) is 20.9. The smallest absolute Gasteiger partial charge is 0.406 e. The second-order valence-electron chi connectivity index (χ2n) is 7.87. The standard InChI is InChI=1S/C23H24F3NO3/c1-21(15-27(2)16-21)22(29,18-9-11-20(12-10-18)30-23(24,25)26)19-8-5-7-17(14-19)6-3-4-13-28/h5,7-12,14,28-29H,4,13,15-16H2,1-2H3/t22-/m1/s1. The Bertz CT molecular complexity index is 941. The van der Waals surface area contributed by atoms with Gasteiger partial charge in [0.05, 0.1) is 6.61 Å². The molecule has 0 radical (unpaired) electrons. The normalized spacial score (nSPS) is 18.0. The summed E-state index contributed by atoms with van der Waals surface area (Å²) in [5.41, 5.74) is -0.213. The fourth-order valence-electron chi connectivity index (χ4n) is 4.18. The summed E-state index contributed by atoms with van der Waals surface area (Å²) in [4.78, 5) is 2.07. The number of ether oxygens (including phenoxy) is 1. The monoisotopic (exact) mass is 419 g/mol. The molecule has 0 unspecified atom stereocenters. The SMILES string of the molecule is CN1CC(C)([C@@](O)(c2ccc(OC(F)(F)F)cc2)c2cccc(C#CCCO)c2)C1. The molecule has 1 aliphatic heterocycles. The molecule has 1 atom stereocenters. The number of benzene rings is 2. The number of hydrogen-bond donors (Lipinski definition) is 2. The molecule has 1 saturated heterocycles. The zero-order valence-electron chi connectivity index (χ0n) is 16.8. The molecular formula is C23H24F3NO3. The van der Waals surface area contributed by atoms with E-state index >= 15 is 0 Å². The molecule has 0 aromatic heterocycles. The molecule has 0 aliphatic carbocycles. The van der Waals surface area contributed by atoms with Crippen LogP contribution in [0, 0.1) is 17.3 Å². The Morgan fingerprint density at radius 2 is 1.77 bits per heavy atom. The van der Waals surface area contributed by atoms with Crippen molar-refractivity contribution in [3.8, 4) is 17.6 Å². The number of rotatable bonds is 5. The Labute approximate surface area is 173 Å². The molecule has 4 nitrogen and oxygen atoms in total. The van der Waals surface area contributed by atoms with Gasteiger partial charge in [0.1, 0.15) is 11.4 Å². The van der Waals surface area contributed by atoms with E-state index in [4.69, 9.17) is 5.11 Å². The largest absolute Gasteiger partial charge is 0.573 e. The number of nitrogens with zero attached hydrogens (tertiary/aromatic N) is 1. The first-order chi connectivity index (χ1) is 14.1. The molecule has 160 valence electrons. The first kappa shape index (κ1) is 22.2. The van der Waals surface area contributed by atoms with Gasteiger partial charge >= 0.3 is 6.36 Å². The molecule has 0 saturated carbocycles. The highest BCUT2D eigenvalue weighted by atomic mass is 19.4. The van der Waals surface area contributed by atoms with Gasteiger partial charge in [-0.25, -0.2) is 0 Å². The van der Waals surface area contributed by atoms with Gasteiger partial charge in [-0.05, 0) is 42.4 Å². The average Bonchev–Trinajstić information content (AvgIpc) is 2.66. The van der Waals surface area contributed by atoms with Crippen molar-refractivity contribution >= 4 is 0 Å². The van der Waals surface area contributed by atoms with Gasteiger partial charge in [0.2, 0.25) is 0 Å². The van der Waals surface area contributed by atoms with Crippen LogP contribution in [0.4, 0.5) is 13.2 Å². The van der Waals surface area contributed by atoms with Crippen LogP contribution >= 0.6 is 0 Å². The van der Waals surface area contributed by atoms with Gasteiger partial charge in [0.15, 0.2) is 0 Å². The molecule has 1 heterocycles. The van der Waals surface area contributed by atoms with Crippen LogP contribution in [0.2, 0.25) is 0 Å². The van der Waals surface area contributed by atoms with Crippen molar-refractivity contribution in [1.29, 1.82) is 0 Å². The fourth-order valence-corrected chi connectivity index (χ4v) is 4.18. The Morgan fingerprint density at radius 1 is 1.10 bits per heavy atom. The number of likely N-dealkylation sites (tertiary alicyclic amines) is 1. The second-order valence-corrected chi connectivity index (χ2v) is 7.87. The molecule has 2 aromatic rings. The lowest BCUT2D eigenvalue weighted by molar-refractivity contribution is -0.274. The molecule has 1 fully saturated rings. The van der Waals surface area contributed by atoms with Crippen LogP contribution in [0.25, 0.3) is 0 Å². The van der Waals surface area contributed by atoms with Crippen molar-refractivity contribution in [2.75, 3.05) is 26.7 Å². The van der Waals surface area contributed by atoms with E-state index in [-0.39, 0.29) is 12.4 Å². The fraction of sp³-hybridized carbons (Fsp3) is 0.391. The van der Waals surface area contributed by atoms with Crippen LogP contribution in [-0.4, -0.2) is 48.2 Å². The zero-order valence-corrected chi connectivity index (χ0v) is 16.8. The third-order valence-corrected chi connectivity index (χ3v) is 5.37. The number of alkyl halides is 3. The van der Waals surface area contributed by atoms with E-state index in [0.29, 0.717) is 36.2 Å². The minimum Gasteiger partial charge on any atom is -0.406 e. The van der Waals surface area contributed by atoms with E-state index in [1.807, 2.05) is 20.0 Å². The Hall–Kier alpha value is -2.53. The predicted molar refractivity (Wildman–Crippen MR) is 107 cm³/mol. The maximum absolute atomic E-state index is 12.5. The molecule has 0 spiro atoms. The van der Waals surface area contributed by atoms with E-state index in [1.54, 1.807) is 18.2 Å². The lowest BCUT2D eigenvalue weighted by atomic mass is 9.62. The Morgan fingerprint density at radius 3 is 2.33 bits per heavy atom. The molecule has 0 amide bonds. The lowest BCUT2D eigenvalue weighted by Crippen LogP contribution is -2.63. The van der Waals surface area contributed by atoms with Crippen molar-refractivity contribution in [2.24, 2.45) is 5.41 Å². The summed E-state index contributed by atoms with van der Waals surface area (Å²) >= 11 is 0. The van der Waals surface area contributed by atoms with Crippen LogP contribution in [-0.2, 0) is 5.60 Å². The van der Waals surface area contributed by atoms with Gasteiger partial charge in [-0.3, -0.25) is 0 Å². The number of aliphatic hydroxyl groups is 2. The quantitative estimate of drug-likeness (QED) is 0.729. The summed E-state index contributed by atoms with van der Waals surface area (Å²) in [6.45, 7) is 3.15. The van der Waals surface area contributed by atoms with E-state index < -0.39 is 17.4 Å². The van der Waals surface area contributed by atoms with Crippen molar-refractivity contribution in [1.82, 2.24) is 4.90 Å². The highest BCUT2D eigenvalue weighted by molar-refractivity contribution is 5.46. The highest BCUT2D eigenvalue weighted by Crippen LogP contribution is 2.50. The maximum Gasteiger partial charge on any atom is 0.573 e. The minimum absolute atomic E-state index is 0.0343. The molecule has 1 aliphatic rings. The summed E-state index contributed by atoms with van der Waals surface area (Å²) in [6.07, 6.45) is -4.43. The van der Waals surface area contributed by atoms with Crippen LogP contribution < -0.4 is 4.74 Å². The van der Waals surface area contributed by atoms with Crippen molar-refractivity contribution in [2.45, 2.75) is 25.3 Å². The number of aliphatic hydroxyl groups excluding tert-OH is 1. The van der Waals surface area contributed by atoms with Gasteiger partial charge in [-0.1, -0.05) is 43.0 Å². The van der Waals surface area contributed by atoms with Gasteiger partial charge in [-0.2, -0.15) is 0 Å². The van der Waals surface area contributed by atoms with E-state index in [0.717, 1.165) is 0 Å². The lowest BCUT2D eigenvalue weighted by Gasteiger charge is -2.56. The first-order valence-electron chi connectivity index (χ1n) is 9.55. The van der Waals surface area contributed by atoms with E-state index in [9.17, 15) is 18.3 Å². The highest BCUT2D eigenvalue weighted by Gasteiger charge is 2.55. The second kappa shape index (κ2) is 8.31. The molecule has 7 heteroatoms. The van der Waals surface area contributed by atoms with Gasteiger partial charge < -0.3 is 19.8 Å². The van der Waals surface area contributed by atoms with Crippen molar-refractivity contribution < 1.29 is 28.1 Å². The van der Waals surface area contributed by atoms with E-state index in [1.165, 1.54) is 24.3 Å². The summed E-state index contributed by atoms with van der Waals surface area (Å²) < 4.78 is 41.5. The number of hydrogen-bond acceptors (Lipinski definition) is 4. The van der Waals surface area contributed by atoms with Gasteiger partial charge in [0.25, 0.3) is 0 Å². The summed E-state index contributed by atoms with van der Waals surface area (Å²) in [5.74, 6) is 5.48. The van der Waals surface area contributed by atoms with Crippen LogP contribution in [0.3, 0.4) is 0 Å². The van der Waals surface area contributed by atoms with Crippen molar-refractivity contribution in [3.05, 3.63) is 65.2 Å². The van der Waals surface area contributed by atoms with Gasteiger partial charge in [-0.15, -0.1) is 13.2 Å². The third-order valence-electron chi connectivity index (χ3n) is 5.37. The average molecular weight is 419 g/mol. The van der Waals surface area contributed by atoms with Crippen LogP contribution in [0.1, 0.15) is 30.0 Å². The van der Waals surface area contributed by atoms with Crippen LogP contribution in [0.15, 0.2) is 48.5 Å².